The van der Waals surface area contributed by atoms with Gasteiger partial charge in [-0.3, -0.25) is 9.80 Å². The number of aromatic nitrogens is 2. The van der Waals surface area contributed by atoms with Crippen LogP contribution in [-0.2, 0) is 38.8 Å². The minimum Gasteiger partial charge on any atom is -0.493 e. The number of likely N-dealkylation sites (tertiary alicyclic amines) is 2. The Kier molecular flexibility index (Phi) is 16.5. The van der Waals surface area contributed by atoms with Crippen LogP contribution in [0.15, 0.2) is 179 Å². The Labute approximate surface area is 419 Å². The molecular weight excluding hydrogens is 879 g/mol. The molecule has 4 heterocycles. The number of rotatable bonds is 18. The third kappa shape index (κ3) is 13.5. The van der Waals surface area contributed by atoms with E-state index in [1.807, 2.05) is 92.7 Å². The van der Waals surface area contributed by atoms with Gasteiger partial charge in [-0.15, -0.1) is 0 Å². The summed E-state index contributed by atoms with van der Waals surface area (Å²) in [6.45, 7) is 11.3. The lowest BCUT2D eigenvalue weighted by Crippen LogP contribution is -2.30. The standard InChI is InChI=1S/C31H31N3O2.C31H34N2O2/c1-23-30(33-31(36-23)27-10-6-3-7-11-27)16-17-35-29-14-12-24(13-15-29)18-28-19-26(20-32)22-34(28)21-25-8-4-2-5-9-25;1-23-19-28(33(21-23)22-26-9-5-3-6-10-26)20-25-13-15-29(16-14-25)34-18-17-30-24(2)35-31(32-30)27-11-7-4-8-12-27/h2-15,26,28H,16-19,21-22H2,1H3;3-16,23,28H,17-22H2,1-2H3/t26-,28+;23-,28+/m10/s1. The number of hydrogen-bond acceptors (Lipinski definition) is 9. The molecule has 0 saturated carbocycles. The molecule has 2 saturated heterocycles. The number of nitriles is 1. The summed E-state index contributed by atoms with van der Waals surface area (Å²) >= 11 is 0. The highest BCUT2D eigenvalue weighted by Gasteiger charge is 2.32. The van der Waals surface area contributed by atoms with E-state index >= 15 is 0 Å². The average molecular weight is 944 g/mol. The van der Waals surface area contributed by atoms with Gasteiger partial charge in [-0.25, -0.2) is 9.97 Å². The van der Waals surface area contributed by atoms with E-state index in [1.165, 1.54) is 35.2 Å². The molecule has 6 aromatic carbocycles. The maximum Gasteiger partial charge on any atom is 0.226 e. The number of hydrogen-bond donors (Lipinski definition) is 0. The fourth-order valence-electron chi connectivity index (χ4n) is 10.0. The Hall–Kier alpha value is -7.25. The maximum absolute atomic E-state index is 9.51. The lowest BCUT2D eigenvalue weighted by Gasteiger charge is -2.24. The summed E-state index contributed by atoms with van der Waals surface area (Å²) in [5.74, 6) is 5.61. The third-order valence-electron chi connectivity index (χ3n) is 13.7. The summed E-state index contributed by atoms with van der Waals surface area (Å²) in [6, 6.07) is 61.7. The molecule has 8 aromatic rings. The van der Waals surface area contributed by atoms with Gasteiger partial charge >= 0.3 is 0 Å². The highest BCUT2D eigenvalue weighted by Crippen LogP contribution is 2.30. The number of aryl methyl sites for hydroxylation is 2. The van der Waals surface area contributed by atoms with E-state index in [-0.39, 0.29) is 5.92 Å². The molecule has 2 fully saturated rings. The van der Waals surface area contributed by atoms with Gasteiger partial charge in [-0.1, -0.05) is 128 Å². The molecule has 10 rings (SSSR count). The van der Waals surface area contributed by atoms with Crippen molar-refractivity contribution in [3.05, 3.63) is 215 Å². The van der Waals surface area contributed by atoms with Crippen LogP contribution >= 0.6 is 0 Å². The first-order chi connectivity index (χ1) is 34.8. The minimum absolute atomic E-state index is 0.101. The summed E-state index contributed by atoms with van der Waals surface area (Å²) in [5, 5.41) is 9.51. The molecule has 9 heteroatoms. The number of ether oxygens (including phenoxy) is 2. The molecule has 0 radical (unpaired) electrons. The highest BCUT2D eigenvalue weighted by molar-refractivity contribution is 5.54. The molecule has 0 N–H and O–H groups in total. The minimum atomic E-state index is 0.101. The zero-order chi connectivity index (χ0) is 48.8. The molecule has 0 unspecified atom stereocenters. The molecule has 4 atom stereocenters. The quantitative estimate of drug-likeness (QED) is 0.0832. The van der Waals surface area contributed by atoms with Crippen LogP contribution in [-0.4, -0.2) is 58.2 Å². The Balaban J connectivity index is 0.000000176. The molecule has 9 nitrogen and oxygen atoms in total. The molecule has 0 bridgehead atoms. The van der Waals surface area contributed by atoms with Crippen molar-refractivity contribution in [1.29, 1.82) is 5.26 Å². The number of oxazole rings is 2. The van der Waals surface area contributed by atoms with Crippen LogP contribution in [0.1, 0.15) is 64.9 Å². The normalized spacial score (nSPS) is 17.9. The Bertz CT molecular complexity index is 2900. The Morgan fingerprint density at radius 3 is 1.37 bits per heavy atom. The van der Waals surface area contributed by atoms with Gasteiger partial charge in [0.05, 0.1) is 36.6 Å². The summed E-state index contributed by atoms with van der Waals surface area (Å²) in [6.07, 6.45) is 5.61. The van der Waals surface area contributed by atoms with Gasteiger partial charge in [0.25, 0.3) is 0 Å². The van der Waals surface area contributed by atoms with Crippen molar-refractivity contribution >= 4 is 0 Å². The van der Waals surface area contributed by atoms with Gasteiger partial charge < -0.3 is 18.3 Å². The average Bonchev–Trinajstić information content (AvgIpc) is 4.18. The zero-order valence-electron chi connectivity index (χ0n) is 41.3. The van der Waals surface area contributed by atoms with Gasteiger partial charge in [0.2, 0.25) is 11.8 Å². The SMILES string of the molecule is Cc1oc(-c2ccccc2)nc1CCOc1ccc(C[C@H]2C[C@H](C#N)CN2Cc2ccccc2)cc1.Cc1oc(-c2ccccc2)nc1CCOc1ccc(C[C@H]2C[C@H](C)CN2Cc2ccccc2)cc1. The van der Waals surface area contributed by atoms with E-state index in [9.17, 15) is 5.26 Å². The monoisotopic (exact) mass is 944 g/mol. The number of nitrogens with zero attached hydrogens (tertiary/aromatic N) is 5. The van der Waals surface area contributed by atoms with Crippen LogP contribution in [0.2, 0.25) is 0 Å². The first-order valence-corrected chi connectivity index (χ1v) is 25.2. The second-order valence-corrected chi connectivity index (χ2v) is 19.2. The smallest absolute Gasteiger partial charge is 0.226 e. The van der Waals surface area contributed by atoms with Crippen molar-refractivity contribution in [3.63, 3.8) is 0 Å². The Morgan fingerprint density at radius 2 is 0.930 bits per heavy atom. The summed E-state index contributed by atoms with van der Waals surface area (Å²) in [7, 11) is 0. The van der Waals surface area contributed by atoms with Gasteiger partial charge in [0.15, 0.2) is 0 Å². The molecule has 2 aromatic heterocycles. The van der Waals surface area contributed by atoms with Gasteiger partial charge in [-0.2, -0.15) is 5.26 Å². The van der Waals surface area contributed by atoms with E-state index in [1.54, 1.807) is 0 Å². The van der Waals surface area contributed by atoms with Gasteiger partial charge in [-0.05, 0) is 116 Å². The summed E-state index contributed by atoms with van der Waals surface area (Å²) in [5.41, 5.74) is 9.19. The van der Waals surface area contributed by atoms with Crippen molar-refractivity contribution in [2.24, 2.45) is 11.8 Å². The van der Waals surface area contributed by atoms with Crippen molar-refractivity contribution in [2.75, 3.05) is 26.3 Å². The third-order valence-corrected chi connectivity index (χ3v) is 13.7. The molecule has 0 spiro atoms. The van der Waals surface area contributed by atoms with E-state index in [4.69, 9.17) is 18.3 Å². The van der Waals surface area contributed by atoms with Crippen molar-refractivity contribution in [2.45, 2.75) is 84.5 Å². The molecule has 362 valence electrons. The lowest BCUT2D eigenvalue weighted by molar-refractivity contribution is 0.241. The maximum atomic E-state index is 9.51. The fraction of sp³-hybridized carbons (Fsp3) is 0.306. The van der Waals surface area contributed by atoms with Crippen LogP contribution in [0.25, 0.3) is 22.9 Å². The Morgan fingerprint density at radius 1 is 0.521 bits per heavy atom. The highest BCUT2D eigenvalue weighted by atomic mass is 16.5. The molecule has 71 heavy (non-hydrogen) atoms. The summed E-state index contributed by atoms with van der Waals surface area (Å²) in [4.78, 5) is 14.4. The van der Waals surface area contributed by atoms with E-state index in [0.29, 0.717) is 43.5 Å². The van der Waals surface area contributed by atoms with Crippen LogP contribution < -0.4 is 9.47 Å². The second kappa shape index (κ2) is 24.0. The van der Waals surface area contributed by atoms with Crippen LogP contribution in [0.3, 0.4) is 0 Å². The number of benzene rings is 6. The molecule has 0 aliphatic carbocycles. The van der Waals surface area contributed by atoms with Crippen LogP contribution in [0.5, 0.6) is 11.5 Å². The molecule has 0 amide bonds. The predicted octanol–water partition coefficient (Wildman–Crippen LogP) is 13.0. The summed E-state index contributed by atoms with van der Waals surface area (Å²) < 4.78 is 23.8. The van der Waals surface area contributed by atoms with E-state index in [0.717, 1.165) is 96.8 Å². The van der Waals surface area contributed by atoms with Crippen molar-refractivity contribution in [1.82, 2.24) is 19.8 Å². The topological polar surface area (TPSA) is 101 Å². The molecular formula is C62H65N5O4. The van der Waals surface area contributed by atoms with Crippen molar-refractivity contribution in [3.8, 4) is 40.5 Å². The predicted molar refractivity (Wildman–Crippen MR) is 281 cm³/mol. The first kappa shape index (κ1) is 48.8. The second-order valence-electron chi connectivity index (χ2n) is 19.2. The van der Waals surface area contributed by atoms with Crippen molar-refractivity contribution < 1.29 is 18.3 Å². The van der Waals surface area contributed by atoms with Crippen LogP contribution in [0, 0.1) is 37.0 Å². The fourth-order valence-corrected chi connectivity index (χ4v) is 10.0. The molecule has 2 aliphatic rings. The largest absolute Gasteiger partial charge is 0.493 e. The molecule has 2 aliphatic heterocycles. The first-order valence-electron chi connectivity index (χ1n) is 25.2. The van der Waals surface area contributed by atoms with E-state index < -0.39 is 0 Å². The zero-order valence-corrected chi connectivity index (χ0v) is 41.3. The van der Waals surface area contributed by atoms with Gasteiger partial charge in [0.1, 0.15) is 23.0 Å². The van der Waals surface area contributed by atoms with E-state index in [2.05, 4.69) is 124 Å². The lowest BCUT2D eigenvalue weighted by atomic mass is 10.0. The van der Waals surface area contributed by atoms with Crippen LogP contribution in [0.4, 0.5) is 0 Å². The van der Waals surface area contributed by atoms with Gasteiger partial charge in [0, 0.05) is 62.2 Å².